The first-order valence-corrected chi connectivity index (χ1v) is 8.94. The standard InChI is InChI=1S/C19H29N3O2.HI/c1-4-20-18(22-12-11-19(14-22)9-6-10-19)21-13-15-7-5-8-16(23-2)17(15)24-3;/h5,7-8H,4,6,9-14H2,1-3H3,(H,20,21);1H. The maximum Gasteiger partial charge on any atom is 0.194 e. The summed E-state index contributed by atoms with van der Waals surface area (Å²) in [6, 6.07) is 5.95. The van der Waals surface area contributed by atoms with E-state index in [-0.39, 0.29) is 24.0 Å². The van der Waals surface area contributed by atoms with Gasteiger partial charge in [0.2, 0.25) is 0 Å². The largest absolute Gasteiger partial charge is 0.493 e. The second-order valence-electron chi connectivity index (χ2n) is 6.85. The van der Waals surface area contributed by atoms with Crippen molar-refractivity contribution in [2.24, 2.45) is 10.4 Å². The minimum absolute atomic E-state index is 0. The van der Waals surface area contributed by atoms with E-state index in [9.17, 15) is 0 Å². The van der Waals surface area contributed by atoms with Crippen molar-refractivity contribution in [1.82, 2.24) is 10.2 Å². The molecule has 1 saturated carbocycles. The van der Waals surface area contributed by atoms with Crippen LogP contribution in [0.25, 0.3) is 0 Å². The Kier molecular flexibility index (Phi) is 7.22. The van der Waals surface area contributed by atoms with Crippen molar-refractivity contribution in [2.75, 3.05) is 33.9 Å². The minimum atomic E-state index is 0. The molecule has 1 aliphatic carbocycles. The highest BCUT2D eigenvalue weighted by Gasteiger charge is 2.43. The number of hydrogen-bond donors (Lipinski definition) is 1. The summed E-state index contributed by atoms with van der Waals surface area (Å²) in [5.41, 5.74) is 1.62. The molecule has 1 aromatic rings. The van der Waals surface area contributed by atoms with Crippen LogP contribution in [-0.4, -0.2) is 44.7 Å². The maximum absolute atomic E-state index is 5.52. The van der Waals surface area contributed by atoms with Gasteiger partial charge in [-0.1, -0.05) is 18.6 Å². The van der Waals surface area contributed by atoms with Gasteiger partial charge in [0.05, 0.1) is 20.8 Å². The number of benzene rings is 1. The zero-order valence-electron chi connectivity index (χ0n) is 15.5. The quantitative estimate of drug-likeness (QED) is 0.415. The Balaban J connectivity index is 0.00000225. The molecule has 1 aliphatic heterocycles. The average Bonchev–Trinajstić information content (AvgIpc) is 3.04. The fourth-order valence-corrected chi connectivity index (χ4v) is 3.86. The van der Waals surface area contributed by atoms with Crippen LogP contribution in [0.15, 0.2) is 23.2 Å². The molecule has 1 heterocycles. The summed E-state index contributed by atoms with van der Waals surface area (Å²) in [5, 5.41) is 3.45. The smallest absolute Gasteiger partial charge is 0.194 e. The maximum atomic E-state index is 5.52. The van der Waals surface area contributed by atoms with Gasteiger partial charge in [0.15, 0.2) is 17.5 Å². The number of aliphatic imine (C=N–C) groups is 1. The lowest BCUT2D eigenvalue weighted by molar-refractivity contribution is 0.151. The molecule has 5 nitrogen and oxygen atoms in total. The summed E-state index contributed by atoms with van der Waals surface area (Å²) in [4.78, 5) is 7.30. The zero-order chi connectivity index (χ0) is 17.0. The zero-order valence-corrected chi connectivity index (χ0v) is 17.8. The lowest BCUT2D eigenvalue weighted by Gasteiger charge is -2.38. The van der Waals surface area contributed by atoms with Gasteiger partial charge in [-0.2, -0.15) is 0 Å². The molecule has 6 heteroatoms. The number of nitrogens with zero attached hydrogens (tertiary/aromatic N) is 2. The van der Waals surface area contributed by atoms with Crippen LogP contribution in [0.5, 0.6) is 11.5 Å². The Labute approximate surface area is 168 Å². The van der Waals surface area contributed by atoms with E-state index in [0.29, 0.717) is 12.0 Å². The van der Waals surface area contributed by atoms with E-state index in [4.69, 9.17) is 14.5 Å². The van der Waals surface area contributed by atoms with E-state index in [1.165, 1.54) is 25.7 Å². The number of halogens is 1. The molecule has 25 heavy (non-hydrogen) atoms. The highest BCUT2D eigenvalue weighted by atomic mass is 127. The fraction of sp³-hybridized carbons (Fsp3) is 0.632. The van der Waals surface area contributed by atoms with Crippen molar-refractivity contribution in [3.63, 3.8) is 0 Å². The molecule has 140 valence electrons. The molecule has 2 aliphatic rings. The monoisotopic (exact) mass is 459 g/mol. The van der Waals surface area contributed by atoms with Crippen LogP contribution in [0, 0.1) is 5.41 Å². The van der Waals surface area contributed by atoms with Crippen molar-refractivity contribution < 1.29 is 9.47 Å². The molecule has 0 amide bonds. The highest BCUT2D eigenvalue weighted by Crippen LogP contribution is 2.47. The average molecular weight is 459 g/mol. The van der Waals surface area contributed by atoms with Crippen LogP contribution in [0.4, 0.5) is 0 Å². The first-order valence-electron chi connectivity index (χ1n) is 8.94. The number of likely N-dealkylation sites (tertiary alicyclic amines) is 1. The summed E-state index contributed by atoms with van der Waals surface area (Å²) < 4.78 is 10.9. The lowest BCUT2D eigenvalue weighted by atomic mass is 9.68. The first-order chi connectivity index (χ1) is 11.7. The number of para-hydroxylation sites is 1. The van der Waals surface area contributed by atoms with Crippen molar-refractivity contribution in [3.8, 4) is 11.5 Å². The van der Waals surface area contributed by atoms with Gasteiger partial charge < -0.3 is 19.7 Å². The van der Waals surface area contributed by atoms with Crippen LogP contribution in [-0.2, 0) is 6.54 Å². The third-order valence-corrected chi connectivity index (χ3v) is 5.37. The Bertz CT molecular complexity index is 602. The third kappa shape index (κ3) is 4.33. The lowest BCUT2D eigenvalue weighted by Crippen LogP contribution is -2.42. The number of guanidine groups is 1. The molecule has 0 radical (unpaired) electrons. The second-order valence-corrected chi connectivity index (χ2v) is 6.85. The van der Waals surface area contributed by atoms with Crippen molar-refractivity contribution in [3.05, 3.63) is 23.8 Å². The summed E-state index contributed by atoms with van der Waals surface area (Å²) in [6.45, 7) is 5.86. The van der Waals surface area contributed by atoms with E-state index < -0.39 is 0 Å². The predicted octanol–water partition coefficient (Wildman–Crippen LogP) is 3.66. The minimum Gasteiger partial charge on any atom is -0.493 e. The van der Waals surface area contributed by atoms with Gasteiger partial charge >= 0.3 is 0 Å². The van der Waals surface area contributed by atoms with Crippen molar-refractivity contribution in [1.29, 1.82) is 0 Å². The molecule has 1 spiro atoms. The molecule has 0 unspecified atom stereocenters. The van der Waals surface area contributed by atoms with Crippen LogP contribution >= 0.6 is 24.0 Å². The van der Waals surface area contributed by atoms with E-state index in [0.717, 1.165) is 42.7 Å². The van der Waals surface area contributed by atoms with Gasteiger partial charge in [-0.05, 0) is 37.7 Å². The van der Waals surface area contributed by atoms with E-state index >= 15 is 0 Å². The van der Waals surface area contributed by atoms with E-state index in [1.54, 1.807) is 14.2 Å². The number of hydrogen-bond acceptors (Lipinski definition) is 3. The normalized spacial score (nSPS) is 18.5. The molecule has 0 aromatic heterocycles. The Morgan fingerprint density at radius 2 is 2.04 bits per heavy atom. The second kappa shape index (κ2) is 8.96. The predicted molar refractivity (Wildman–Crippen MR) is 112 cm³/mol. The molecule has 1 saturated heterocycles. The molecule has 0 bridgehead atoms. The number of ether oxygens (including phenoxy) is 2. The number of methoxy groups -OCH3 is 2. The van der Waals surface area contributed by atoms with E-state index in [2.05, 4.69) is 17.1 Å². The molecule has 1 N–H and O–H groups in total. The topological polar surface area (TPSA) is 46.1 Å². The Hall–Kier alpha value is -1.18. The highest BCUT2D eigenvalue weighted by molar-refractivity contribution is 14.0. The molecule has 0 atom stereocenters. The van der Waals surface area contributed by atoms with Crippen molar-refractivity contribution in [2.45, 2.75) is 39.2 Å². The van der Waals surface area contributed by atoms with E-state index in [1.807, 2.05) is 18.2 Å². The van der Waals surface area contributed by atoms with Crippen LogP contribution in [0.2, 0.25) is 0 Å². The van der Waals surface area contributed by atoms with Crippen molar-refractivity contribution >= 4 is 29.9 Å². The number of nitrogens with one attached hydrogen (secondary N) is 1. The molecule has 3 rings (SSSR count). The third-order valence-electron chi connectivity index (χ3n) is 5.37. The fourth-order valence-electron chi connectivity index (χ4n) is 3.86. The van der Waals surface area contributed by atoms with Crippen LogP contribution in [0.1, 0.15) is 38.2 Å². The SMILES string of the molecule is CCNC(=NCc1cccc(OC)c1OC)N1CCC2(CCC2)C1.I. The summed E-state index contributed by atoms with van der Waals surface area (Å²) >= 11 is 0. The summed E-state index contributed by atoms with van der Waals surface area (Å²) in [6.07, 6.45) is 5.46. The van der Waals surface area contributed by atoms with Gasteiger partial charge in [-0.3, -0.25) is 0 Å². The van der Waals surface area contributed by atoms with Gasteiger partial charge in [0.1, 0.15) is 0 Å². The molecular weight excluding hydrogens is 429 g/mol. The Morgan fingerprint density at radius 1 is 1.24 bits per heavy atom. The van der Waals surface area contributed by atoms with Crippen LogP contribution < -0.4 is 14.8 Å². The summed E-state index contributed by atoms with van der Waals surface area (Å²) in [5.74, 6) is 2.55. The summed E-state index contributed by atoms with van der Waals surface area (Å²) in [7, 11) is 3.34. The number of rotatable bonds is 5. The molecule has 2 fully saturated rings. The van der Waals surface area contributed by atoms with Gasteiger partial charge in [0.25, 0.3) is 0 Å². The first kappa shape index (κ1) is 20.1. The molecular formula is C19H30IN3O2. The van der Waals surface area contributed by atoms with Gasteiger partial charge in [-0.15, -0.1) is 24.0 Å². The van der Waals surface area contributed by atoms with Gasteiger partial charge in [-0.25, -0.2) is 4.99 Å². The molecule has 1 aromatic carbocycles. The Morgan fingerprint density at radius 3 is 2.60 bits per heavy atom. The van der Waals surface area contributed by atoms with Gasteiger partial charge in [0, 0.05) is 25.2 Å². The van der Waals surface area contributed by atoms with Crippen LogP contribution in [0.3, 0.4) is 0 Å².